The van der Waals surface area contributed by atoms with Crippen molar-refractivity contribution in [1.29, 1.82) is 0 Å². The molecule has 1 N–H and O–H groups in total. The number of pyridine rings is 1. The summed E-state index contributed by atoms with van der Waals surface area (Å²) in [7, 11) is 0. The maximum atomic E-state index is 10.7. The Morgan fingerprint density at radius 3 is 2.57 bits per heavy atom. The lowest BCUT2D eigenvalue weighted by atomic mass is 10.1. The predicted octanol–water partition coefficient (Wildman–Crippen LogP) is 5.00. The quantitative estimate of drug-likeness (QED) is 0.668. The fourth-order valence-corrected chi connectivity index (χ4v) is 3.10. The van der Waals surface area contributed by atoms with E-state index in [9.17, 15) is 5.11 Å². The summed E-state index contributed by atoms with van der Waals surface area (Å²) >= 11 is 12.8. The first kappa shape index (κ1) is 14.4. The highest BCUT2D eigenvalue weighted by molar-refractivity contribution is 8.23. The SMILES string of the molecule is CSC(=S)c1c(O)c(-c2ccc(Cl)cc2)c2ccccn12. The lowest BCUT2D eigenvalue weighted by Crippen LogP contribution is -1.96. The molecule has 0 unspecified atom stereocenters. The van der Waals surface area contributed by atoms with Crippen molar-refractivity contribution in [3.05, 3.63) is 59.4 Å². The van der Waals surface area contributed by atoms with Crippen LogP contribution in [0.25, 0.3) is 16.6 Å². The van der Waals surface area contributed by atoms with Crippen LogP contribution in [0.3, 0.4) is 0 Å². The van der Waals surface area contributed by atoms with Crippen LogP contribution in [-0.4, -0.2) is 20.0 Å². The number of benzene rings is 1. The smallest absolute Gasteiger partial charge is 0.151 e. The fraction of sp³-hybridized carbons (Fsp3) is 0.0625. The van der Waals surface area contributed by atoms with Crippen molar-refractivity contribution in [2.24, 2.45) is 0 Å². The molecular formula is C16H12ClNOS2. The zero-order valence-electron chi connectivity index (χ0n) is 11.2. The standard InChI is InChI=1S/C16H12ClNOS2/c1-21-16(20)14-15(19)13(10-5-7-11(17)8-6-10)12-4-2-3-9-18(12)14/h2-9,19H,1H3. The highest BCUT2D eigenvalue weighted by atomic mass is 35.5. The normalized spacial score (nSPS) is 11.0. The molecule has 5 heteroatoms. The number of halogens is 1. The average molecular weight is 334 g/mol. The number of fused-ring (bicyclic) bond motifs is 1. The van der Waals surface area contributed by atoms with Crippen LogP contribution < -0.4 is 0 Å². The number of rotatable bonds is 2. The number of aromatic hydroxyl groups is 1. The highest BCUT2D eigenvalue weighted by Crippen LogP contribution is 2.40. The number of nitrogens with zero attached hydrogens (tertiary/aromatic N) is 1. The second-order valence-electron chi connectivity index (χ2n) is 4.53. The molecule has 0 saturated heterocycles. The van der Waals surface area contributed by atoms with E-state index in [4.69, 9.17) is 23.8 Å². The third-order valence-electron chi connectivity index (χ3n) is 3.33. The molecule has 0 fully saturated rings. The molecule has 0 aliphatic carbocycles. The summed E-state index contributed by atoms with van der Waals surface area (Å²) in [4.78, 5) is 0. The van der Waals surface area contributed by atoms with Crippen LogP contribution in [-0.2, 0) is 0 Å². The Bertz CT molecular complexity index is 824. The van der Waals surface area contributed by atoms with E-state index in [1.54, 1.807) is 0 Å². The molecule has 0 saturated carbocycles. The van der Waals surface area contributed by atoms with Crippen molar-refractivity contribution in [2.45, 2.75) is 0 Å². The molecule has 2 heterocycles. The van der Waals surface area contributed by atoms with Crippen LogP contribution in [0.4, 0.5) is 0 Å². The topological polar surface area (TPSA) is 24.6 Å². The van der Waals surface area contributed by atoms with E-state index < -0.39 is 0 Å². The predicted molar refractivity (Wildman–Crippen MR) is 94.7 cm³/mol. The summed E-state index contributed by atoms with van der Waals surface area (Å²) in [6, 6.07) is 13.3. The summed E-state index contributed by atoms with van der Waals surface area (Å²) in [5.74, 6) is 0.211. The first-order valence-electron chi connectivity index (χ1n) is 6.29. The van der Waals surface area contributed by atoms with Gasteiger partial charge in [0.1, 0.15) is 5.69 Å². The summed E-state index contributed by atoms with van der Waals surface area (Å²) in [5, 5.41) is 11.4. The van der Waals surface area contributed by atoms with Gasteiger partial charge in [-0.3, -0.25) is 0 Å². The Kier molecular flexibility index (Phi) is 3.93. The molecule has 3 aromatic rings. The largest absolute Gasteiger partial charge is 0.505 e. The Labute approximate surface area is 137 Å². The number of hydrogen-bond acceptors (Lipinski definition) is 3. The molecule has 0 spiro atoms. The molecule has 0 amide bonds. The maximum absolute atomic E-state index is 10.7. The van der Waals surface area contributed by atoms with Gasteiger partial charge in [0, 0.05) is 16.8 Å². The van der Waals surface area contributed by atoms with E-state index in [0.717, 1.165) is 16.6 Å². The molecule has 106 valence electrons. The molecule has 21 heavy (non-hydrogen) atoms. The molecule has 0 atom stereocenters. The van der Waals surface area contributed by atoms with Gasteiger partial charge in [0.05, 0.1) is 9.71 Å². The van der Waals surface area contributed by atoms with Crippen LogP contribution in [0.2, 0.25) is 5.02 Å². The second kappa shape index (κ2) is 5.72. The van der Waals surface area contributed by atoms with Gasteiger partial charge in [-0.05, 0) is 36.1 Å². The molecule has 2 aromatic heterocycles. The van der Waals surface area contributed by atoms with Crippen LogP contribution in [0.15, 0.2) is 48.7 Å². The summed E-state index contributed by atoms with van der Waals surface area (Å²) in [6.45, 7) is 0. The van der Waals surface area contributed by atoms with Gasteiger partial charge in [0.15, 0.2) is 5.75 Å². The molecule has 3 rings (SSSR count). The minimum absolute atomic E-state index is 0.211. The second-order valence-corrected chi connectivity index (χ2v) is 6.45. The first-order valence-corrected chi connectivity index (χ1v) is 8.31. The van der Waals surface area contributed by atoms with Gasteiger partial charge in [-0.25, -0.2) is 0 Å². The van der Waals surface area contributed by atoms with Gasteiger partial charge in [0.25, 0.3) is 0 Å². The minimum Gasteiger partial charge on any atom is -0.505 e. The van der Waals surface area contributed by atoms with Gasteiger partial charge in [-0.1, -0.05) is 42.0 Å². The van der Waals surface area contributed by atoms with Crippen LogP contribution in [0.1, 0.15) is 5.69 Å². The van der Waals surface area contributed by atoms with Gasteiger partial charge < -0.3 is 9.51 Å². The number of thiocarbonyl (C=S) groups is 1. The molecule has 0 radical (unpaired) electrons. The summed E-state index contributed by atoms with van der Waals surface area (Å²) < 4.78 is 2.59. The van der Waals surface area contributed by atoms with Crippen molar-refractivity contribution < 1.29 is 5.11 Å². The summed E-state index contributed by atoms with van der Waals surface area (Å²) in [5.41, 5.74) is 3.27. The van der Waals surface area contributed by atoms with Crippen molar-refractivity contribution in [2.75, 3.05) is 6.26 Å². The van der Waals surface area contributed by atoms with Gasteiger partial charge in [-0.15, -0.1) is 11.8 Å². The first-order chi connectivity index (χ1) is 10.1. The van der Waals surface area contributed by atoms with E-state index in [-0.39, 0.29) is 5.75 Å². The van der Waals surface area contributed by atoms with Crippen molar-refractivity contribution in [1.82, 2.24) is 4.40 Å². The van der Waals surface area contributed by atoms with Crippen molar-refractivity contribution in [3.63, 3.8) is 0 Å². The molecule has 0 aliphatic heterocycles. The third kappa shape index (κ3) is 2.44. The maximum Gasteiger partial charge on any atom is 0.151 e. The molecular weight excluding hydrogens is 322 g/mol. The highest BCUT2D eigenvalue weighted by Gasteiger charge is 2.21. The van der Waals surface area contributed by atoms with Gasteiger partial charge >= 0.3 is 0 Å². The fourth-order valence-electron chi connectivity index (χ4n) is 2.39. The van der Waals surface area contributed by atoms with E-state index in [2.05, 4.69) is 0 Å². The van der Waals surface area contributed by atoms with Crippen LogP contribution >= 0.6 is 35.6 Å². The zero-order valence-corrected chi connectivity index (χ0v) is 13.6. The number of hydrogen-bond donors (Lipinski definition) is 1. The minimum atomic E-state index is 0.211. The Balaban J connectivity index is 2.35. The molecule has 0 bridgehead atoms. The van der Waals surface area contributed by atoms with Crippen LogP contribution in [0.5, 0.6) is 5.75 Å². The molecule has 2 nitrogen and oxygen atoms in total. The van der Waals surface area contributed by atoms with Gasteiger partial charge in [0.2, 0.25) is 0 Å². The Morgan fingerprint density at radius 2 is 1.90 bits per heavy atom. The Morgan fingerprint density at radius 1 is 1.19 bits per heavy atom. The number of aromatic nitrogens is 1. The van der Waals surface area contributed by atoms with Gasteiger partial charge in [-0.2, -0.15) is 0 Å². The summed E-state index contributed by atoms with van der Waals surface area (Å²) in [6.07, 6.45) is 3.82. The van der Waals surface area contributed by atoms with E-state index in [0.29, 0.717) is 14.9 Å². The van der Waals surface area contributed by atoms with E-state index in [1.807, 2.05) is 59.3 Å². The van der Waals surface area contributed by atoms with Crippen LogP contribution in [0, 0.1) is 0 Å². The molecule has 1 aromatic carbocycles. The van der Waals surface area contributed by atoms with E-state index >= 15 is 0 Å². The monoisotopic (exact) mass is 333 g/mol. The van der Waals surface area contributed by atoms with Crippen molar-refractivity contribution in [3.8, 4) is 16.9 Å². The Hall–Kier alpha value is -1.49. The lowest BCUT2D eigenvalue weighted by Gasteiger charge is -2.02. The molecule has 0 aliphatic rings. The third-order valence-corrected chi connectivity index (χ3v) is 4.84. The zero-order chi connectivity index (χ0) is 15.0. The number of thioether (sulfide) groups is 1. The average Bonchev–Trinajstić information content (AvgIpc) is 2.80. The lowest BCUT2D eigenvalue weighted by molar-refractivity contribution is 0.476. The van der Waals surface area contributed by atoms with Crippen molar-refractivity contribution >= 4 is 45.3 Å². The van der Waals surface area contributed by atoms with E-state index in [1.165, 1.54) is 11.8 Å².